The van der Waals surface area contributed by atoms with Crippen LogP contribution in [0.5, 0.6) is 0 Å². The van der Waals surface area contributed by atoms with Gasteiger partial charge in [-0.15, -0.1) is 0 Å². The molecule has 0 aromatic heterocycles. The van der Waals surface area contributed by atoms with Gasteiger partial charge < -0.3 is 0 Å². The molecule has 1 unspecified atom stereocenters. The summed E-state index contributed by atoms with van der Waals surface area (Å²) in [6, 6.07) is 9.49. The second-order valence-electron chi connectivity index (χ2n) is 4.88. The van der Waals surface area contributed by atoms with Gasteiger partial charge in [0.05, 0.1) is 11.1 Å². The van der Waals surface area contributed by atoms with Gasteiger partial charge in [0.15, 0.2) is 0 Å². The molecule has 1 atom stereocenters. The Kier molecular flexibility index (Phi) is 5.28. The van der Waals surface area contributed by atoms with E-state index in [9.17, 15) is 8.78 Å². The Bertz CT molecular complexity index is 614. The van der Waals surface area contributed by atoms with Crippen molar-refractivity contribution in [1.82, 2.24) is 5.43 Å². The number of halogens is 3. The Morgan fingerprint density at radius 3 is 2.29 bits per heavy atom. The molecular formula is C16H17ClF2N2. The third-order valence-corrected chi connectivity index (χ3v) is 3.78. The normalized spacial score (nSPS) is 12.4. The van der Waals surface area contributed by atoms with Crippen LogP contribution in [0.4, 0.5) is 8.78 Å². The van der Waals surface area contributed by atoms with Crippen molar-refractivity contribution in [2.45, 2.75) is 25.8 Å². The van der Waals surface area contributed by atoms with Crippen molar-refractivity contribution in [3.8, 4) is 0 Å². The highest BCUT2D eigenvalue weighted by Gasteiger charge is 2.18. The molecule has 2 aromatic rings. The summed E-state index contributed by atoms with van der Waals surface area (Å²) >= 11 is 5.56. The van der Waals surface area contributed by atoms with Crippen LogP contribution in [-0.4, -0.2) is 0 Å². The molecule has 3 N–H and O–H groups in total. The molecule has 0 saturated heterocycles. The van der Waals surface area contributed by atoms with E-state index >= 15 is 0 Å². The predicted molar refractivity (Wildman–Crippen MR) is 81.0 cm³/mol. The lowest BCUT2D eigenvalue weighted by Gasteiger charge is -2.18. The summed E-state index contributed by atoms with van der Waals surface area (Å²) in [6.45, 7) is 2.07. The lowest BCUT2D eigenvalue weighted by molar-refractivity contribution is 0.502. The summed E-state index contributed by atoms with van der Waals surface area (Å²) in [5, 5.41) is -0.237. The Hall–Kier alpha value is -1.49. The molecule has 0 fully saturated rings. The maximum Gasteiger partial charge on any atom is 0.142 e. The van der Waals surface area contributed by atoms with Crippen LogP contribution in [0, 0.1) is 11.6 Å². The van der Waals surface area contributed by atoms with Crippen molar-refractivity contribution >= 4 is 11.6 Å². The number of nitrogens with two attached hydrogens (primary N) is 1. The number of benzene rings is 2. The third kappa shape index (κ3) is 3.79. The molecule has 2 aromatic carbocycles. The lowest BCUT2D eigenvalue weighted by Crippen LogP contribution is -2.30. The quantitative estimate of drug-likeness (QED) is 0.499. The molecule has 0 saturated carbocycles. The standard InChI is InChI=1S/C16H17ClF2N2/c1-2-10-3-5-11(6-4-10)7-16(21-20)12-8-15(19)13(17)9-14(12)18/h3-6,8-9,16,21H,2,7,20H2,1H3. The topological polar surface area (TPSA) is 38.0 Å². The second kappa shape index (κ2) is 6.98. The zero-order valence-corrected chi connectivity index (χ0v) is 12.4. The van der Waals surface area contributed by atoms with Crippen LogP contribution >= 0.6 is 11.6 Å². The summed E-state index contributed by atoms with van der Waals surface area (Å²) in [7, 11) is 0. The number of hydrogen-bond acceptors (Lipinski definition) is 2. The first-order chi connectivity index (χ1) is 10.0. The van der Waals surface area contributed by atoms with Gasteiger partial charge in [0.25, 0.3) is 0 Å². The van der Waals surface area contributed by atoms with Gasteiger partial charge in [-0.2, -0.15) is 0 Å². The van der Waals surface area contributed by atoms with Crippen LogP contribution < -0.4 is 11.3 Å². The van der Waals surface area contributed by atoms with Gasteiger partial charge in [0.2, 0.25) is 0 Å². The van der Waals surface area contributed by atoms with Crippen molar-refractivity contribution < 1.29 is 8.78 Å². The van der Waals surface area contributed by atoms with Crippen molar-refractivity contribution in [3.63, 3.8) is 0 Å². The van der Waals surface area contributed by atoms with Crippen LogP contribution in [-0.2, 0) is 12.8 Å². The van der Waals surface area contributed by atoms with Crippen LogP contribution in [0.25, 0.3) is 0 Å². The molecule has 0 spiro atoms. The minimum absolute atomic E-state index is 0.166. The first-order valence-electron chi connectivity index (χ1n) is 6.73. The molecule has 0 bridgehead atoms. The number of rotatable bonds is 5. The SMILES string of the molecule is CCc1ccc(CC(NN)c2cc(F)c(Cl)cc2F)cc1. The third-order valence-electron chi connectivity index (χ3n) is 3.49. The molecule has 5 heteroatoms. The average molecular weight is 311 g/mol. The van der Waals surface area contributed by atoms with Crippen LogP contribution in [0.15, 0.2) is 36.4 Å². The van der Waals surface area contributed by atoms with E-state index in [-0.39, 0.29) is 10.6 Å². The number of hydrazine groups is 1. The highest BCUT2D eigenvalue weighted by atomic mass is 35.5. The van der Waals surface area contributed by atoms with E-state index in [1.807, 2.05) is 24.3 Å². The molecule has 0 aliphatic carbocycles. The molecule has 0 radical (unpaired) electrons. The van der Waals surface area contributed by atoms with E-state index in [1.165, 1.54) is 5.56 Å². The van der Waals surface area contributed by atoms with Crippen LogP contribution in [0.1, 0.15) is 29.7 Å². The van der Waals surface area contributed by atoms with Gasteiger partial charge >= 0.3 is 0 Å². The predicted octanol–water partition coefficient (Wildman–Crippen LogP) is 3.93. The zero-order valence-electron chi connectivity index (χ0n) is 11.7. The highest BCUT2D eigenvalue weighted by Crippen LogP contribution is 2.26. The Balaban J connectivity index is 2.25. The number of hydrogen-bond donors (Lipinski definition) is 2. The van der Waals surface area contributed by atoms with Crippen LogP contribution in [0.3, 0.4) is 0 Å². The monoisotopic (exact) mass is 310 g/mol. The fraction of sp³-hybridized carbons (Fsp3) is 0.250. The maximum atomic E-state index is 13.9. The van der Waals surface area contributed by atoms with Crippen molar-refractivity contribution in [1.29, 1.82) is 0 Å². The van der Waals surface area contributed by atoms with Gasteiger partial charge in [-0.1, -0.05) is 42.8 Å². The molecule has 0 aliphatic rings. The van der Waals surface area contributed by atoms with Crippen molar-refractivity contribution in [3.05, 3.63) is 69.7 Å². The molecular weight excluding hydrogens is 294 g/mol. The largest absolute Gasteiger partial charge is 0.271 e. The Morgan fingerprint density at radius 2 is 1.71 bits per heavy atom. The molecule has 2 nitrogen and oxygen atoms in total. The second-order valence-corrected chi connectivity index (χ2v) is 5.29. The van der Waals surface area contributed by atoms with Gasteiger partial charge in [0.1, 0.15) is 11.6 Å². The first-order valence-corrected chi connectivity index (χ1v) is 7.11. The van der Waals surface area contributed by atoms with Crippen LogP contribution in [0.2, 0.25) is 5.02 Å². The van der Waals surface area contributed by atoms with E-state index in [1.54, 1.807) is 0 Å². The van der Waals surface area contributed by atoms with E-state index in [0.717, 1.165) is 24.1 Å². The molecule has 2 rings (SSSR count). The fourth-order valence-corrected chi connectivity index (χ4v) is 2.36. The molecule has 0 heterocycles. The molecule has 0 amide bonds. The maximum absolute atomic E-state index is 13.9. The van der Waals surface area contributed by atoms with Gasteiger partial charge in [-0.25, -0.2) is 8.78 Å². The van der Waals surface area contributed by atoms with E-state index in [2.05, 4.69) is 12.3 Å². The van der Waals surface area contributed by atoms with Gasteiger partial charge in [-0.05, 0) is 36.1 Å². The summed E-state index contributed by atoms with van der Waals surface area (Å²) in [6.07, 6.45) is 1.41. The zero-order chi connectivity index (χ0) is 15.4. The summed E-state index contributed by atoms with van der Waals surface area (Å²) in [5.74, 6) is 4.26. The Morgan fingerprint density at radius 1 is 1.10 bits per heavy atom. The molecule has 0 aliphatic heterocycles. The first kappa shape index (κ1) is 15.9. The van der Waals surface area contributed by atoms with E-state index in [0.29, 0.717) is 6.42 Å². The van der Waals surface area contributed by atoms with E-state index in [4.69, 9.17) is 17.4 Å². The summed E-state index contributed by atoms with van der Waals surface area (Å²) in [5.41, 5.74) is 4.91. The minimum Gasteiger partial charge on any atom is -0.271 e. The smallest absolute Gasteiger partial charge is 0.142 e. The van der Waals surface area contributed by atoms with Gasteiger partial charge in [0, 0.05) is 5.56 Å². The number of aryl methyl sites for hydroxylation is 1. The fourth-order valence-electron chi connectivity index (χ4n) is 2.21. The minimum atomic E-state index is -0.658. The Labute approximate surface area is 127 Å². The lowest BCUT2D eigenvalue weighted by atomic mass is 9.98. The summed E-state index contributed by atoms with van der Waals surface area (Å²) in [4.78, 5) is 0. The number of nitrogens with one attached hydrogen (secondary N) is 1. The van der Waals surface area contributed by atoms with E-state index < -0.39 is 17.7 Å². The van der Waals surface area contributed by atoms with Crippen molar-refractivity contribution in [2.24, 2.45) is 5.84 Å². The molecule has 112 valence electrons. The highest BCUT2D eigenvalue weighted by molar-refractivity contribution is 6.30. The average Bonchev–Trinajstić information content (AvgIpc) is 2.49. The van der Waals surface area contributed by atoms with Crippen molar-refractivity contribution in [2.75, 3.05) is 0 Å². The van der Waals surface area contributed by atoms with Gasteiger partial charge in [-0.3, -0.25) is 11.3 Å². The summed E-state index contributed by atoms with van der Waals surface area (Å²) < 4.78 is 27.5. The molecule has 21 heavy (non-hydrogen) atoms.